The molecule has 3 nitrogen and oxygen atoms in total. The number of nitrogens with zero attached hydrogens (tertiary/aromatic N) is 1. The molecule has 1 N–H and O–H groups in total. The summed E-state index contributed by atoms with van der Waals surface area (Å²) in [6, 6.07) is 8.71. The molecular weight excluding hydrogens is 272 g/mol. The normalized spacial score (nSPS) is 15.0. The largest absolute Gasteiger partial charge is 0.352 e. The van der Waals surface area contributed by atoms with Crippen LogP contribution in [-0.4, -0.2) is 17.0 Å². The van der Waals surface area contributed by atoms with Gasteiger partial charge in [-0.05, 0) is 62.1 Å². The summed E-state index contributed by atoms with van der Waals surface area (Å²) in [7, 11) is 0. The van der Waals surface area contributed by atoms with E-state index in [1.807, 2.05) is 12.1 Å². The van der Waals surface area contributed by atoms with Gasteiger partial charge in [-0.2, -0.15) is 0 Å². The Balaban J connectivity index is 1.96. The number of nitrogens with one attached hydrogen (secondary N) is 1. The molecule has 1 fully saturated rings. The van der Waals surface area contributed by atoms with Gasteiger partial charge in [0.15, 0.2) is 0 Å². The van der Waals surface area contributed by atoms with Gasteiger partial charge < -0.3 is 9.88 Å². The Hall–Kier alpha value is -1.77. The van der Waals surface area contributed by atoms with E-state index in [-0.39, 0.29) is 5.91 Å². The van der Waals surface area contributed by atoms with E-state index in [4.69, 9.17) is 0 Å². The molecule has 0 unspecified atom stereocenters. The molecule has 1 aromatic carbocycles. The van der Waals surface area contributed by atoms with E-state index >= 15 is 0 Å². The number of carbonyl (C=O) groups is 1. The highest BCUT2D eigenvalue weighted by Gasteiger charge is 2.22. The zero-order chi connectivity index (χ0) is 15.9. The van der Waals surface area contributed by atoms with Gasteiger partial charge in [0, 0.05) is 29.4 Å². The molecule has 0 saturated heterocycles. The third-order valence-corrected chi connectivity index (χ3v) is 4.49. The van der Waals surface area contributed by atoms with Crippen LogP contribution in [0.3, 0.4) is 0 Å². The lowest BCUT2D eigenvalue weighted by Crippen LogP contribution is -2.25. The molecule has 2 aromatic rings. The van der Waals surface area contributed by atoms with Crippen molar-refractivity contribution in [3.63, 3.8) is 0 Å². The second-order valence-corrected chi connectivity index (χ2v) is 7.11. The van der Waals surface area contributed by atoms with Crippen LogP contribution in [0.1, 0.15) is 68.5 Å². The van der Waals surface area contributed by atoms with Gasteiger partial charge in [0.2, 0.25) is 0 Å². The Morgan fingerprint density at radius 3 is 2.55 bits per heavy atom. The van der Waals surface area contributed by atoms with Crippen molar-refractivity contribution in [2.75, 3.05) is 6.54 Å². The Labute approximate surface area is 132 Å². The van der Waals surface area contributed by atoms with Crippen molar-refractivity contribution >= 4 is 16.8 Å². The minimum absolute atomic E-state index is 0.0522. The highest BCUT2D eigenvalue weighted by molar-refractivity contribution is 5.98. The number of carbonyl (C=O) groups excluding carboxylic acids is 1. The second-order valence-electron chi connectivity index (χ2n) is 7.11. The maximum absolute atomic E-state index is 12.3. The summed E-state index contributed by atoms with van der Waals surface area (Å²) in [5.74, 6) is 1.23. The zero-order valence-corrected chi connectivity index (χ0v) is 14.0. The molecule has 3 heteroatoms. The van der Waals surface area contributed by atoms with Crippen LogP contribution in [0, 0.1) is 5.92 Å². The van der Waals surface area contributed by atoms with E-state index < -0.39 is 0 Å². The van der Waals surface area contributed by atoms with Crippen LogP contribution in [0.5, 0.6) is 0 Å². The maximum Gasteiger partial charge on any atom is 0.251 e. The summed E-state index contributed by atoms with van der Waals surface area (Å²) in [4.78, 5) is 12.3. The number of benzene rings is 1. The number of amides is 1. The highest BCUT2D eigenvalue weighted by Crippen LogP contribution is 2.30. The topological polar surface area (TPSA) is 34.0 Å². The van der Waals surface area contributed by atoms with Gasteiger partial charge in [-0.1, -0.05) is 19.9 Å². The Kier molecular flexibility index (Phi) is 3.98. The summed E-state index contributed by atoms with van der Waals surface area (Å²) < 4.78 is 2.36. The lowest BCUT2D eigenvalue weighted by atomic mass is 10.1. The third-order valence-electron chi connectivity index (χ3n) is 4.49. The molecular formula is C19H26N2O. The number of hydrogen-bond donors (Lipinski definition) is 1. The molecule has 1 aromatic heterocycles. The first-order valence-electron chi connectivity index (χ1n) is 8.40. The summed E-state index contributed by atoms with van der Waals surface area (Å²) in [5, 5.41) is 4.27. The van der Waals surface area contributed by atoms with Crippen molar-refractivity contribution in [1.29, 1.82) is 0 Å². The van der Waals surface area contributed by atoms with Crippen molar-refractivity contribution in [2.45, 2.75) is 52.5 Å². The van der Waals surface area contributed by atoms with Crippen LogP contribution in [0.4, 0.5) is 0 Å². The molecule has 0 bridgehead atoms. The van der Waals surface area contributed by atoms with Crippen LogP contribution in [0.25, 0.3) is 10.9 Å². The van der Waals surface area contributed by atoms with Crippen molar-refractivity contribution < 1.29 is 4.79 Å². The molecule has 3 rings (SSSR count). The van der Waals surface area contributed by atoms with Gasteiger partial charge in [-0.15, -0.1) is 0 Å². The minimum Gasteiger partial charge on any atom is -0.352 e. The van der Waals surface area contributed by atoms with E-state index in [0.29, 0.717) is 17.9 Å². The molecule has 1 aliphatic carbocycles. The summed E-state index contributed by atoms with van der Waals surface area (Å²) in [6.07, 6.45) is 2.51. The van der Waals surface area contributed by atoms with Gasteiger partial charge >= 0.3 is 0 Å². The van der Waals surface area contributed by atoms with E-state index in [1.165, 1.54) is 23.9 Å². The monoisotopic (exact) mass is 298 g/mol. The van der Waals surface area contributed by atoms with Gasteiger partial charge in [0.1, 0.15) is 0 Å². The fraction of sp³-hybridized carbons (Fsp3) is 0.526. The summed E-state index contributed by atoms with van der Waals surface area (Å²) in [6.45, 7) is 9.66. The molecule has 0 radical (unpaired) electrons. The fourth-order valence-corrected chi connectivity index (χ4v) is 3.07. The number of rotatable bonds is 5. The fourth-order valence-electron chi connectivity index (χ4n) is 3.07. The van der Waals surface area contributed by atoms with E-state index in [2.05, 4.69) is 49.7 Å². The third kappa shape index (κ3) is 2.90. The lowest BCUT2D eigenvalue weighted by Gasteiger charge is -2.17. The Morgan fingerprint density at radius 2 is 1.95 bits per heavy atom. The predicted octanol–water partition coefficient (Wildman–Crippen LogP) is 4.49. The SMILES string of the molecule is CC(C)c1cc2ccc(C(=O)NCC3CC3)cc2n1C(C)C. The molecule has 0 atom stereocenters. The van der Waals surface area contributed by atoms with Gasteiger partial charge in [-0.3, -0.25) is 4.79 Å². The number of fused-ring (bicyclic) bond motifs is 1. The van der Waals surface area contributed by atoms with Gasteiger partial charge in [0.25, 0.3) is 5.91 Å². The molecule has 118 valence electrons. The average molecular weight is 298 g/mol. The standard InChI is InChI=1S/C19H26N2O/c1-12(2)17-9-15-7-8-16(10-18(15)21(17)13(3)4)19(22)20-11-14-5-6-14/h7-10,12-14H,5-6,11H2,1-4H3,(H,20,22). The van der Waals surface area contributed by atoms with Crippen LogP contribution in [-0.2, 0) is 0 Å². The van der Waals surface area contributed by atoms with Gasteiger partial charge in [0.05, 0.1) is 0 Å². The van der Waals surface area contributed by atoms with Crippen molar-refractivity contribution in [2.24, 2.45) is 5.92 Å². The van der Waals surface area contributed by atoms with Crippen LogP contribution in [0.15, 0.2) is 24.3 Å². The minimum atomic E-state index is 0.0522. The average Bonchev–Trinajstić information content (AvgIpc) is 3.21. The maximum atomic E-state index is 12.3. The molecule has 22 heavy (non-hydrogen) atoms. The lowest BCUT2D eigenvalue weighted by molar-refractivity contribution is 0.0952. The zero-order valence-electron chi connectivity index (χ0n) is 14.0. The number of aromatic nitrogens is 1. The molecule has 0 aliphatic heterocycles. The molecule has 0 spiro atoms. The number of hydrogen-bond acceptors (Lipinski definition) is 1. The molecule has 1 aliphatic rings. The molecule has 1 amide bonds. The first-order valence-corrected chi connectivity index (χ1v) is 8.40. The second kappa shape index (κ2) is 5.79. The van der Waals surface area contributed by atoms with Crippen molar-refractivity contribution in [1.82, 2.24) is 9.88 Å². The predicted molar refractivity (Wildman–Crippen MR) is 91.5 cm³/mol. The smallest absolute Gasteiger partial charge is 0.251 e. The molecule has 1 saturated carbocycles. The summed E-state index contributed by atoms with van der Waals surface area (Å²) in [5.41, 5.74) is 3.27. The molecule has 1 heterocycles. The Bertz CT molecular complexity index is 693. The Morgan fingerprint density at radius 1 is 1.23 bits per heavy atom. The van der Waals surface area contributed by atoms with Crippen molar-refractivity contribution in [3.05, 3.63) is 35.5 Å². The van der Waals surface area contributed by atoms with E-state index in [1.54, 1.807) is 0 Å². The van der Waals surface area contributed by atoms with E-state index in [0.717, 1.165) is 17.6 Å². The quantitative estimate of drug-likeness (QED) is 0.867. The van der Waals surface area contributed by atoms with E-state index in [9.17, 15) is 4.79 Å². The van der Waals surface area contributed by atoms with Crippen molar-refractivity contribution in [3.8, 4) is 0 Å². The van der Waals surface area contributed by atoms with Crippen LogP contribution < -0.4 is 5.32 Å². The van der Waals surface area contributed by atoms with Crippen LogP contribution >= 0.6 is 0 Å². The summed E-state index contributed by atoms with van der Waals surface area (Å²) >= 11 is 0. The first kappa shape index (κ1) is 15.1. The first-order chi connectivity index (χ1) is 10.5. The highest BCUT2D eigenvalue weighted by atomic mass is 16.1. The van der Waals surface area contributed by atoms with Crippen LogP contribution in [0.2, 0.25) is 0 Å². The van der Waals surface area contributed by atoms with Gasteiger partial charge in [-0.25, -0.2) is 0 Å².